The maximum atomic E-state index is 10.3. The van der Waals surface area contributed by atoms with Gasteiger partial charge in [-0.1, -0.05) is 15.9 Å². The molecule has 0 aromatic heterocycles. The minimum Gasteiger partial charge on any atom is -0.454 e. The van der Waals surface area contributed by atoms with E-state index in [2.05, 4.69) is 27.8 Å². The van der Waals surface area contributed by atoms with Crippen molar-refractivity contribution >= 4 is 21.9 Å². The number of rotatable bonds is 4. The number of hydrogen-bond acceptors (Lipinski definition) is 2. The number of carbonyl (C=O) groups excluding carboxylic acids is 1. The Labute approximate surface area is 63.7 Å². The van der Waals surface area contributed by atoms with Gasteiger partial charge in [0.1, 0.15) is 0 Å². The minimum atomic E-state index is -0.337. The molecule has 0 rings (SSSR count). The van der Waals surface area contributed by atoms with Crippen molar-refractivity contribution in [1.29, 1.82) is 0 Å². The largest absolute Gasteiger partial charge is 0.454 e. The topological polar surface area (TPSA) is 26.3 Å². The SMILES string of the molecule is [CH]OC(=O)CCCCBr. The van der Waals surface area contributed by atoms with Gasteiger partial charge in [-0.2, -0.15) is 0 Å². The zero-order chi connectivity index (χ0) is 7.11. The number of unbranched alkanes of at least 4 members (excludes halogenated alkanes) is 1. The lowest BCUT2D eigenvalue weighted by atomic mass is 10.3. The van der Waals surface area contributed by atoms with Gasteiger partial charge in [0.2, 0.25) is 0 Å². The fourth-order valence-electron chi connectivity index (χ4n) is 0.423. The van der Waals surface area contributed by atoms with Crippen LogP contribution in [0, 0.1) is 7.11 Å². The second-order valence-corrected chi connectivity index (χ2v) is 2.43. The average molecular weight is 193 g/mol. The zero-order valence-electron chi connectivity index (χ0n) is 5.10. The van der Waals surface area contributed by atoms with Gasteiger partial charge in [-0.15, -0.1) is 0 Å². The lowest BCUT2D eigenvalue weighted by molar-refractivity contribution is -0.138. The van der Waals surface area contributed by atoms with Crippen molar-refractivity contribution in [3.05, 3.63) is 7.11 Å². The summed E-state index contributed by atoms with van der Waals surface area (Å²) in [6.45, 7) is 0. The first-order chi connectivity index (χ1) is 4.31. The van der Waals surface area contributed by atoms with Crippen molar-refractivity contribution in [2.24, 2.45) is 0 Å². The van der Waals surface area contributed by atoms with Crippen LogP contribution in [0.4, 0.5) is 0 Å². The fraction of sp³-hybridized carbons (Fsp3) is 0.667. The van der Waals surface area contributed by atoms with E-state index in [1.807, 2.05) is 0 Å². The van der Waals surface area contributed by atoms with Crippen molar-refractivity contribution in [3.8, 4) is 0 Å². The van der Waals surface area contributed by atoms with Crippen LogP contribution in [0.3, 0.4) is 0 Å². The third-order valence-corrected chi connectivity index (χ3v) is 1.46. The molecule has 0 aliphatic carbocycles. The van der Waals surface area contributed by atoms with E-state index in [-0.39, 0.29) is 5.97 Å². The number of ether oxygens (including phenoxy) is 1. The zero-order valence-corrected chi connectivity index (χ0v) is 6.69. The van der Waals surface area contributed by atoms with Crippen LogP contribution in [0.25, 0.3) is 0 Å². The molecule has 0 heterocycles. The van der Waals surface area contributed by atoms with Gasteiger partial charge in [0.25, 0.3) is 0 Å². The van der Waals surface area contributed by atoms with E-state index in [9.17, 15) is 4.79 Å². The molecule has 0 aromatic carbocycles. The lowest BCUT2D eigenvalue weighted by Gasteiger charge is -1.94. The Bertz CT molecular complexity index is 83.1. The molecule has 2 nitrogen and oxygen atoms in total. The van der Waals surface area contributed by atoms with Crippen LogP contribution in [0.15, 0.2) is 0 Å². The molecule has 0 aliphatic heterocycles. The summed E-state index contributed by atoms with van der Waals surface area (Å²) in [5.74, 6) is -0.337. The summed E-state index contributed by atoms with van der Waals surface area (Å²) in [5.41, 5.74) is 0. The summed E-state index contributed by atoms with van der Waals surface area (Å²) in [7, 11) is 4.59. The maximum Gasteiger partial charge on any atom is 0.306 e. The summed E-state index contributed by atoms with van der Waals surface area (Å²) >= 11 is 3.24. The van der Waals surface area contributed by atoms with Crippen molar-refractivity contribution in [2.45, 2.75) is 19.3 Å². The highest BCUT2D eigenvalue weighted by Crippen LogP contribution is 1.99. The van der Waals surface area contributed by atoms with E-state index in [0.29, 0.717) is 6.42 Å². The summed E-state index contributed by atoms with van der Waals surface area (Å²) in [6, 6.07) is 0. The Morgan fingerprint density at radius 1 is 1.56 bits per heavy atom. The van der Waals surface area contributed by atoms with E-state index in [1.54, 1.807) is 0 Å². The van der Waals surface area contributed by atoms with Gasteiger partial charge in [0.05, 0.1) is 0 Å². The van der Waals surface area contributed by atoms with Crippen LogP contribution in [-0.4, -0.2) is 11.3 Å². The molecule has 0 N–H and O–H groups in total. The van der Waals surface area contributed by atoms with Crippen LogP contribution in [-0.2, 0) is 9.53 Å². The van der Waals surface area contributed by atoms with Crippen molar-refractivity contribution in [1.82, 2.24) is 0 Å². The van der Waals surface area contributed by atoms with E-state index in [4.69, 9.17) is 0 Å². The summed E-state index contributed by atoms with van der Waals surface area (Å²) in [6.07, 6.45) is 2.23. The number of alkyl halides is 1. The molecular formula is C6H9BrO2. The van der Waals surface area contributed by atoms with Gasteiger partial charge < -0.3 is 4.74 Å². The normalized spacial score (nSPS) is 9.11. The fourth-order valence-corrected chi connectivity index (χ4v) is 0.819. The van der Waals surface area contributed by atoms with E-state index >= 15 is 0 Å². The number of esters is 1. The van der Waals surface area contributed by atoms with Crippen LogP contribution < -0.4 is 0 Å². The summed E-state index contributed by atoms with van der Waals surface area (Å²) in [5, 5.41) is 0.921. The molecule has 0 saturated heterocycles. The Kier molecular flexibility index (Phi) is 6.04. The van der Waals surface area contributed by atoms with Gasteiger partial charge >= 0.3 is 5.97 Å². The Balaban J connectivity index is 2.97. The molecule has 52 valence electrons. The van der Waals surface area contributed by atoms with Crippen LogP contribution in [0.2, 0.25) is 0 Å². The molecule has 0 amide bonds. The first-order valence-electron chi connectivity index (χ1n) is 2.76. The molecule has 0 fully saturated rings. The Morgan fingerprint density at radius 2 is 2.22 bits per heavy atom. The highest BCUT2D eigenvalue weighted by molar-refractivity contribution is 9.09. The standard InChI is InChI=1S/C6H9BrO2/c1-9-6(8)4-2-3-5-7/h1H,2-5H2. The highest BCUT2D eigenvalue weighted by Gasteiger charge is 1.97. The lowest BCUT2D eigenvalue weighted by Crippen LogP contribution is -1.97. The Hall–Kier alpha value is -0.0500. The molecule has 0 spiro atoms. The molecule has 0 unspecified atom stereocenters. The van der Waals surface area contributed by atoms with Crippen LogP contribution in [0.5, 0.6) is 0 Å². The van der Waals surface area contributed by atoms with Gasteiger partial charge in [-0.25, -0.2) is 0 Å². The third kappa shape index (κ3) is 5.83. The molecule has 2 radical (unpaired) electrons. The predicted octanol–water partition coefficient (Wildman–Crippen LogP) is 1.76. The molecule has 0 aliphatic rings. The van der Waals surface area contributed by atoms with Crippen molar-refractivity contribution in [2.75, 3.05) is 5.33 Å². The van der Waals surface area contributed by atoms with Gasteiger partial charge in [-0.05, 0) is 12.8 Å². The number of carbonyl (C=O) groups is 1. The van der Waals surface area contributed by atoms with Gasteiger partial charge in [0, 0.05) is 11.8 Å². The highest BCUT2D eigenvalue weighted by atomic mass is 79.9. The van der Waals surface area contributed by atoms with E-state index in [0.717, 1.165) is 18.2 Å². The van der Waals surface area contributed by atoms with Gasteiger partial charge in [0.15, 0.2) is 7.11 Å². The second-order valence-electron chi connectivity index (χ2n) is 1.64. The van der Waals surface area contributed by atoms with E-state index < -0.39 is 0 Å². The van der Waals surface area contributed by atoms with Crippen LogP contribution >= 0.6 is 15.9 Å². The number of halogens is 1. The molecule has 0 bridgehead atoms. The average Bonchev–Trinajstić information content (AvgIpc) is 1.89. The van der Waals surface area contributed by atoms with Crippen molar-refractivity contribution < 1.29 is 9.53 Å². The molecular weight excluding hydrogens is 184 g/mol. The first-order valence-corrected chi connectivity index (χ1v) is 3.89. The Morgan fingerprint density at radius 3 is 2.67 bits per heavy atom. The monoisotopic (exact) mass is 192 g/mol. The van der Waals surface area contributed by atoms with E-state index in [1.165, 1.54) is 0 Å². The maximum absolute atomic E-state index is 10.3. The molecule has 0 aromatic rings. The molecule has 0 saturated carbocycles. The smallest absolute Gasteiger partial charge is 0.306 e. The molecule has 0 atom stereocenters. The van der Waals surface area contributed by atoms with Gasteiger partial charge in [-0.3, -0.25) is 4.79 Å². The number of hydrogen-bond donors (Lipinski definition) is 0. The predicted molar refractivity (Wildman–Crippen MR) is 38.0 cm³/mol. The second kappa shape index (κ2) is 6.08. The quantitative estimate of drug-likeness (QED) is 0.386. The first kappa shape index (κ1) is 8.95. The minimum absolute atomic E-state index is 0.337. The third-order valence-electron chi connectivity index (χ3n) is 0.896. The van der Waals surface area contributed by atoms with Crippen molar-refractivity contribution in [3.63, 3.8) is 0 Å². The summed E-state index contributed by atoms with van der Waals surface area (Å²) in [4.78, 5) is 10.3. The van der Waals surface area contributed by atoms with Crippen LogP contribution in [0.1, 0.15) is 19.3 Å². The molecule has 9 heavy (non-hydrogen) atoms. The summed E-state index contributed by atoms with van der Waals surface area (Å²) < 4.78 is 3.94. The molecule has 3 heteroatoms.